The van der Waals surface area contributed by atoms with E-state index in [1.807, 2.05) is 6.92 Å². The predicted octanol–water partition coefficient (Wildman–Crippen LogP) is 3.11. The molecule has 0 aliphatic carbocycles. The Bertz CT molecular complexity index is 486. The van der Waals surface area contributed by atoms with Gasteiger partial charge >= 0.3 is 5.69 Å². The first-order chi connectivity index (χ1) is 8.27. The average Bonchev–Trinajstić information content (AvgIpc) is 2.31. The molecule has 0 aliphatic rings. The predicted molar refractivity (Wildman–Crippen MR) is 65.8 cm³/mol. The van der Waals surface area contributed by atoms with Crippen LogP contribution in [0.3, 0.4) is 0 Å². The number of halogens is 1. The molecular weight excluding hydrogens is 239 g/mol. The van der Waals surface area contributed by atoms with Crippen LogP contribution in [0.25, 0.3) is 0 Å². The standard InChI is InChI=1S/C12H15FN2O3/c1-4-12(2,3)11(16)14-8-5-6-9(13)10(7-8)15(17)18/h5-7H,4H2,1-3H3,(H,14,16). The molecule has 0 bridgehead atoms. The van der Waals surface area contributed by atoms with Crippen molar-refractivity contribution in [3.05, 3.63) is 34.1 Å². The minimum atomic E-state index is -0.923. The molecule has 0 fully saturated rings. The molecule has 1 amide bonds. The number of nitro benzene ring substituents is 1. The Morgan fingerprint density at radius 3 is 2.61 bits per heavy atom. The summed E-state index contributed by atoms with van der Waals surface area (Å²) in [7, 11) is 0. The Morgan fingerprint density at radius 1 is 1.50 bits per heavy atom. The lowest BCUT2D eigenvalue weighted by Gasteiger charge is -2.21. The molecule has 0 saturated carbocycles. The molecule has 0 saturated heterocycles. The molecule has 1 rings (SSSR count). The summed E-state index contributed by atoms with van der Waals surface area (Å²) in [4.78, 5) is 21.6. The highest BCUT2D eigenvalue weighted by Crippen LogP contribution is 2.25. The zero-order chi connectivity index (χ0) is 13.9. The van der Waals surface area contributed by atoms with Gasteiger partial charge in [0.1, 0.15) is 0 Å². The molecular formula is C12H15FN2O3. The quantitative estimate of drug-likeness (QED) is 0.662. The Hall–Kier alpha value is -1.98. The van der Waals surface area contributed by atoms with Gasteiger partial charge in [-0.15, -0.1) is 0 Å². The number of rotatable bonds is 4. The summed E-state index contributed by atoms with van der Waals surface area (Å²) in [5.74, 6) is -1.18. The molecule has 0 atom stereocenters. The normalized spacial score (nSPS) is 11.1. The van der Waals surface area contributed by atoms with Crippen LogP contribution in [0.5, 0.6) is 0 Å². The van der Waals surface area contributed by atoms with Crippen LogP contribution >= 0.6 is 0 Å². The Kier molecular flexibility index (Phi) is 4.00. The first-order valence-electron chi connectivity index (χ1n) is 5.53. The zero-order valence-corrected chi connectivity index (χ0v) is 10.5. The van der Waals surface area contributed by atoms with Crippen LogP contribution in [0, 0.1) is 21.3 Å². The van der Waals surface area contributed by atoms with Gasteiger partial charge in [-0.3, -0.25) is 14.9 Å². The second-order valence-corrected chi connectivity index (χ2v) is 4.61. The first-order valence-corrected chi connectivity index (χ1v) is 5.53. The fraction of sp³-hybridized carbons (Fsp3) is 0.417. The van der Waals surface area contributed by atoms with Gasteiger partial charge in [0, 0.05) is 17.2 Å². The van der Waals surface area contributed by atoms with Crippen molar-refractivity contribution in [1.29, 1.82) is 0 Å². The van der Waals surface area contributed by atoms with Gasteiger partial charge in [0.25, 0.3) is 0 Å². The van der Waals surface area contributed by atoms with Crippen molar-refractivity contribution in [3.8, 4) is 0 Å². The van der Waals surface area contributed by atoms with E-state index in [1.54, 1.807) is 13.8 Å². The van der Waals surface area contributed by atoms with Gasteiger partial charge in [0.15, 0.2) is 0 Å². The summed E-state index contributed by atoms with van der Waals surface area (Å²) in [6.45, 7) is 5.40. The summed E-state index contributed by atoms with van der Waals surface area (Å²) >= 11 is 0. The number of hydrogen-bond donors (Lipinski definition) is 1. The molecule has 0 unspecified atom stereocenters. The van der Waals surface area contributed by atoms with Crippen molar-refractivity contribution < 1.29 is 14.1 Å². The third kappa shape index (κ3) is 3.03. The fourth-order valence-electron chi connectivity index (χ4n) is 1.19. The van der Waals surface area contributed by atoms with Crippen molar-refractivity contribution >= 4 is 17.3 Å². The summed E-state index contributed by atoms with van der Waals surface area (Å²) in [5, 5.41) is 13.1. The topological polar surface area (TPSA) is 72.2 Å². The molecule has 0 heterocycles. The molecule has 98 valence electrons. The van der Waals surface area contributed by atoms with Crippen LogP contribution in [-0.2, 0) is 4.79 Å². The summed E-state index contributed by atoms with van der Waals surface area (Å²) in [5.41, 5.74) is -1.01. The van der Waals surface area contributed by atoms with Crippen molar-refractivity contribution in [2.75, 3.05) is 5.32 Å². The molecule has 0 radical (unpaired) electrons. The maximum absolute atomic E-state index is 13.1. The van der Waals surface area contributed by atoms with Gasteiger partial charge in [0.2, 0.25) is 11.7 Å². The number of carbonyl (C=O) groups excluding carboxylic acids is 1. The minimum Gasteiger partial charge on any atom is -0.325 e. The second kappa shape index (κ2) is 5.12. The lowest BCUT2D eigenvalue weighted by Crippen LogP contribution is -2.30. The van der Waals surface area contributed by atoms with E-state index in [0.29, 0.717) is 6.42 Å². The third-order valence-corrected chi connectivity index (χ3v) is 2.90. The molecule has 18 heavy (non-hydrogen) atoms. The van der Waals surface area contributed by atoms with Gasteiger partial charge in [-0.25, -0.2) is 0 Å². The first kappa shape index (κ1) is 14.1. The monoisotopic (exact) mass is 254 g/mol. The Balaban J connectivity index is 2.96. The van der Waals surface area contributed by atoms with Crippen molar-refractivity contribution in [3.63, 3.8) is 0 Å². The highest BCUT2D eigenvalue weighted by molar-refractivity contribution is 5.95. The number of nitro groups is 1. The lowest BCUT2D eigenvalue weighted by molar-refractivity contribution is -0.387. The summed E-state index contributed by atoms with van der Waals surface area (Å²) in [6.07, 6.45) is 0.627. The van der Waals surface area contributed by atoms with E-state index in [4.69, 9.17) is 0 Å². The highest BCUT2D eigenvalue weighted by atomic mass is 19.1. The molecule has 5 nitrogen and oxygen atoms in total. The smallest absolute Gasteiger partial charge is 0.306 e. The number of amides is 1. The zero-order valence-electron chi connectivity index (χ0n) is 10.5. The average molecular weight is 254 g/mol. The van der Waals surface area contributed by atoms with Gasteiger partial charge in [-0.05, 0) is 18.6 Å². The van der Waals surface area contributed by atoms with Crippen LogP contribution in [0.2, 0.25) is 0 Å². The molecule has 1 aromatic carbocycles. The molecule has 0 aromatic heterocycles. The van der Waals surface area contributed by atoms with E-state index in [0.717, 1.165) is 12.1 Å². The maximum Gasteiger partial charge on any atom is 0.306 e. The number of nitrogens with zero attached hydrogens (tertiary/aromatic N) is 1. The minimum absolute atomic E-state index is 0.217. The molecule has 6 heteroatoms. The molecule has 1 aromatic rings. The van der Waals surface area contributed by atoms with Crippen molar-refractivity contribution in [2.45, 2.75) is 27.2 Å². The fourth-order valence-corrected chi connectivity index (χ4v) is 1.19. The van der Waals surface area contributed by atoms with Crippen LogP contribution < -0.4 is 5.32 Å². The van der Waals surface area contributed by atoms with Crippen molar-refractivity contribution in [1.82, 2.24) is 0 Å². The van der Waals surface area contributed by atoms with E-state index in [-0.39, 0.29) is 11.6 Å². The highest BCUT2D eigenvalue weighted by Gasteiger charge is 2.26. The second-order valence-electron chi connectivity index (χ2n) is 4.61. The number of anilines is 1. The van der Waals surface area contributed by atoms with Crippen molar-refractivity contribution in [2.24, 2.45) is 5.41 Å². The lowest BCUT2D eigenvalue weighted by atomic mass is 9.89. The van der Waals surface area contributed by atoms with Gasteiger partial charge in [-0.2, -0.15) is 4.39 Å². The number of nitrogens with one attached hydrogen (secondary N) is 1. The van der Waals surface area contributed by atoms with Crippen LogP contribution in [0.1, 0.15) is 27.2 Å². The van der Waals surface area contributed by atoms with E-state index < -0.39 is 21.8 Å². The van der Waals surface area contributed by atoms with E-state index in [9.17, 15) is 19.3 Å². The molecule has 0 aliphatic heterocycles. The largest absolute Gasteiger partial charge is 0.325 e. The number of carbonyl (C=O) groups is 1. The van der Waals surface area contributed by atoms with Crippen LogP contribution in [-0.4, -0.2) is 10.8 Å². The van der Waals surface area contributed by atoms with E-state index in [1.165, 1.54) is 6.07 Å². The maximum atomic E-state index is 13.1. The Morgan fingerprint density at radius 2 is 2.11 bits per heavy atom. The summed E-state index contributed by atoms with van der Waals surface area (Å²) < 4.78 is 13.1. The SMILES string of the molecule is CCC(C)(C)C(=O)Nc1ccc(F)c([N+](=O)[O-])c1. The van der Waals surface area contributed by atoms with Gasteiger partial charge < -0.3 is 5.32 Å². The molecule has 0 spiro atoms. The van der Waals surface area contributed by atoms with E-state index >= 15 is 0 Å². The third-order valence-electron chi connectivity index (χ3n) is 2.90. The summed E-state index contributed by atoms with van der Waals surface area (Å²) in [6, 6.07) is 3.28. The van der Waals surface area contributed by atoms with Gasteiger partial charge in [-0.1, -0.05) is 20.8 Å². The number of hydrogen-bond acceptors (Lipinski definition) is 3. The van der Waals surface area contributed by atoms with Crippen LogP contribution in [0.4, 0.5) is 15.8 Å². The van der Waals surface area contributed by atoms with E-state index in [2.05, 4.69) is 5.32 Å². The Labute approximate surface area is 104 Å². The van der Waals surface area contributed by atoms with Gasteiger partial charge in [0.05, 0.1) is 4.92 Å². The molecule has 1 N–H and O–H groups in total. The number of benzene rings is 1. The van der Waals surface area contributed by atoms with Crippen LogP contribution in [0.15, 0.2) is 18.2 Å².